The number of carbonyl (C=O) groups excluding carboxylic acids is 1. The fourth-order valence-corrected chi connectivity index (χ4v) is 3.13. The molecule has 1 saturated carbocycles. The highest BCUT2D eigenvalue weighted by molar-refractivity contribution is 6.30. The minimum atomic E-state index is 0.217. The molecule has 0 unspecified atom stereocenters. The second-order valence-corrected chi connectivity index (χ2v) is 6.53. The molecule has 1 aromatic carbocycles. The van der Waals surface area contributed by atoms with Crippen LogP contribution in [0.1, 0.15) is 63.4 Å². The van der Waals surface area contributed by atoms with Gasteiger partial charge in [-0.25, -0.2) is 0 Å². The van der Waals surface area contributed by atoms with E-state index in [2.05, 4.69) is 5.32 Å². The largest absolute Gasteiger partial charge is 0.353 e. The van der Waals surface area contributed by atoms with Crippen molar-refractivity contribution in [3.63, 3.8) is 0 Å². The van der Waals surface area contributed by atoms with E-state index in [1.807, 2.05) is 24.3 Å². The summed E-state index contributed by atoms with van der Waals surface area (Å²) in [7, 11) is 0. The molecule has 1 aliphatic carbocycles. The van der Waals surface area contributed by atoms with Crippen LogP contribution in [0, 0.1) is 0 Å². The van der Waals surface area contributed by atoms with Crippen molar-refractivity contribution in [2.45, 2.75) is 70.3 Å². The summed E-state index contributed by atoms with van der Waals surface area (Å²) in [5, 5.41) is 3.99. The van der Waals surface area contributed by atoms with Crippen LogP contribution in [0.4, 0.5) is 0 Å². The first-order valence-electron chi connectivity index (χ1n) is 8.28. The minimum absolute atomic E-state index is 0.217. The zero-order chi connectivity index (χ0) is 14.9. The molecule has 1 aliphatic rings. The lowest BCUT2D eigenvalue weighted by Crippen LogP contribution is -2.35. The monoisotopic (exact) mass is 307 g/mol. The Kier molecular flexibility index (Phi) is 7.08. The van der Waals surface area contributed by atoms with E-state index in [4.69, 9.17) is 11.6 Å². The van der Waals surface area contributed by atoms with Crippen LogP contribution < -0.4 is 5.32 Å². The normalized spacial score (nSPS) is 17.0. The van der Waals surface area contributed by atoms with Crippen molar-refractivity contribution >= 4 is 17.5 Å². The number of aryl methyl sites for hydroxylation is 1. The predicted octanol–water partition coefficient (Wildman–Crippen LogP) is 4.89. The summed E-state index contributed by atoms with van der Waals surface area (Å²) in [6.07, 6.45) is 11.3. The minimum Gasteiger partial charge on any atom is -0.353 e. The number of nitrogens with one attached hydrogen (secondary N) is 1. The summed E-state index contributed by atoms with van der Waals surface area (Å²) >= 11 is 5.87. The highest BCUT2D eigenvalue weighted by atomic mass is 35.5. The molecule has 0 aliphatic heterocycles. The summed E-state index contributed by atoms with van der Waals surface area (Å²) < 4.78 is 0. The second-order valence-electron chi connectivity index (χ2n) is 6.09. The van der Waals surface area contributed by atoms with E-state index >= 15 is 0 Å². The Balaban J connectivity index is 1.65. The van der Waals surface area contributed by atoms with Gasteiger partial charge < -0.3 is 5.32 Å². The average Bonchev–Trinajstić information content (AvgIpc) is 2.44. The van der Waals surface area contributed by atoms with Crippen molar-refractivity contribution in [2.75, 3.05) is 0 Å². The molecule has 1 aromatic rings. The molecule has 1 fully saturated rings. The lowest BCUT2D eigenvalue weighted by Gasteiger charge is -2.21. The zero-order valence-electron chi connectivity index (χ0n) is 12.7. The van der Waals surface area contributed by atoms with Gasteiger partial charge in [-0.2, -0.15) is 0 Å². The molecule has 0 heterocycles. The van der Waals surface area contributed by atoms with Gasteiger partial charge in [0.15, 0.2) is 0 Å². The maximum Gasteiger partial charge on any atom is 0.220 e. The standard InChI is InChI=1S/C18H26ClNO/c19-16-13-11-15(12-14-16)7-6-10-18(21)20-17-8-4-2-1-3-5-9-17/h11-14,17H,1-10H2,(H,20,21). The number of hydrogen-bond donors (Lipinski definition) is 1. The van der Waals surface area contributed by atoms with Gasteiger partial charge in [-0.1, -0.05) is 55.8 Å². The number of halogens is 1. The highest BCUT2D eigenvalue weighted by Crippen LogP contribution is 2.17. The lowest BCUT2D eigenvalue weighted by molar-refractivity contribution is -0.122. The number of benzene rings is 1. The Bertz CT molecular complexity index is 421. The van der Waals surface area contributed by atoms with E-state index in [0.717, 1.165) is 30.7 Å². The molecule has 2 rings (SSSR count). The molecule has 0 saturated heterocycles. The molecule has 1 N–H and O–H groups in total. The van der Waals surface area contributed by atoms with E-state index < -0.39 is 0 Å². The van der Waals surface area contributed by atoms with Crippen molar-refractivity contribution in [2.24, 2.45) is 0 Å². The van der Waals surface area contributed by atoms with Crippen molar-refractivity contribution in [3.8, 4) is 0 Å². The van der Waals surface area contributed by atoms with Crippen LogP contribution >= 0.6 is 11.6 Å². The first-order chi connectivity index (χ1) is 10.2. The topological polar surface area (TPSA) is 29.1 Å². The van der Waals surface area contributed by atoms with Gasteiger partial charge in [0.05, 0.1) is 0 Å². The number of carbonyl (C=O) groups is 1. The summed E-state index contributed by atoms with van der Waals surface area (Å²) in [5.74, 6) is 0.217. The summed E-state index contributed by atoms with van der Waals surface area (Å²) in [6, 6.07) is 8.30. The third kappa shape index (κ3) is 6.52. The number of hydrogen-bond acceptors (Lipinski definition) is 1. The first-order valence-corrected chi connectivity index (χ1v) is 8.65. The first kappa shape index (κ1) is 16.4. The third-order valence-corrected chi connectivity index (χ3v) is 4.50. The Labute approximate surface area is 133 Å². The molecule has 3 heteroatoms. The van der Waals surface area contributed by atoms with Crippen LogP contribution in [0.15, 0.2) is 24.3 Å². The quantitative estimate of drug-likeness (QED) is 0.824. The second kappa shape index (κ2) is 9.09. The maximum atomic E-state index is 12.0. The van der Waals surface area contributed by atoms with E-state index in [-0.39, 0.29) is 5.91 Å². The maximum absolute atomic E-state index is 12.0. The number of amides is 1. The molecule has 0 bridgehead atoms. The molecule has 2 nitrogen and oxygen atoms in total. The predicted molar refractivity (Wildman–Crippen MR) is 88.6 cm³/mol. The molecule has 0 atom stereocenters. The van der Waals surface area contributed by atoms with Crippen LogP contribution in [-0.4, -0.2) is 11.9 Å². The van der Waals surface area contributed by atoms with Gasteiger partial charge >= 0.3 is 0 Å². The molecule has 0 aromatic heterocycles. The van der Waals surface area contributed by atoms with Gasteiger partial charge in [-0.05, 0) is 43.4 Å². The van der Waals surface area contributed by atoms with Crippen LogP contribution in [0.25, 0.3) is 0 Å². The van der Waals surface area contributed by atoms with Gasteiger partial charge in [0.25, 0.3) is 0 Å². The fourth-order valence-electron chi connectivity index (χ4n) is 3.00. The van der Waals surface area contributed by atoms with E-state index in [1.165, 1.54) is 37.7 Å². The lowest BCUT2D eigenvalue weighted by atomic mass is 9.96. The van der Waals surface area contributed by atoms with Crippen LogP contribution in [-0.2, 0) is 11.2 Å². The Morgan fingerprint density at radius 1 is 1.05 bits per heavy atom. The van der Waals surface area contributed by atoms with Gasteiger partial charge in [0.2, 0.25) is 5.91 Å². The van der Waals surface area contributed by atoms with Gasteiger partial charge in [-0.3, -0.25) is 4.79 Å². The van der Waals surface area contributed by atoms with Gasteiger partial charge in [0, 0.05) is 17.5 Å². The Hall–Kier alpha value is -1.02. The third-order valence-electron chi connectivity index (χ3n) is 4.25. The molecule has 116 valence electrons. The Morgan fingerprint density at radius 2 is 1.67 bits per heavy atom. The highest BCUT2D eigenvalue weighted by Gasteiger charge is 2.13. The molecule has 0 spiro atoms. The Morgan fingerprint density at radius 3 is 2.33 bits per heavy atom. The van der Waals surface area contributed by atoms with Crippen LogP contribution in [0.3, 0.4) is 0 Å². The van der Waals surface area contributed by atoms with Gasteiger partial charge in [0.1, 0.15) is 0 Å². The molecule has 0 radical (unpaired) electrons. The summed E-state index contributed by atoms with van der Waals surface area (Å²) in [5.41, 5.74) is 1.25. The zero-order valence-corrected chi connectivity index (χ0v) is 13.5. The fraction of sp³-hybridized carbons (Fsp3) is 0.611. The van der Waals surface area contributed by atoms with Crippen molar-refractivity contribution < 1.29 is 4.79 Å². The van der Waals surface area contributed by atoms with Crippen molar-refractivity contribution in [3.05, 3.63) is 34.9 Å². The van der Waals surface area contributed by atoms with Crippen LogP contribution in [0.5, 0.6) is 0 Å². The summed E-state index contributed by atoms with van der Waals surface area (Å²) in [6.45, 7) is 0. The van der Waals surface area contributed by atoms with Gasteiger partial charge in [-0.15, -0.1) is 0 Å². The molecular formula is C18H26ClNO. The van der Waals surface area contributed by atoms with Crippen LogP contribution in [0.2, 0.25) is 5.02 Å². The van der Waals surface area contributed by atoms with Crippen molar-refractivity contribution in [1.29, 1.82) is 0 Å². The summed E-state index contributed by atoms with van der Waals surface area (Å²) in [4.78, 5) is 12.0. The SMILES string of the molecule is O=C(CCCc1ccc(Cl)cc1)NC1CCCCCCC1. The average molecular weight is 308 g/mol. The molecular weight excluding hydrogens is 282 g/mol. The van der Waals surface area contributed by atoms with E-state index in [9.17, 15) is 4.79 Å². The van der Waals surface area contributed by atoms with Crippen molar-refractivity contribution in [1.82, 2.24) is 5.32 Å². The number of rotatable bonds is 5. The van der Waals surface area contributed by atoms with E-state index in [1.54, 1.807) is 0 Å². The molecule has 1 amide bonds. The molecule has 21 heavy (non-hydrogen) atoms. The smallest absolute Gasteiger partial charge is 0.220 e. The van der Waals surface area contributed by atoms with E-state index in [0.29, 0.717) is 12.5 Å².